The van der Waals surface area contributed by atoms with E-state index in [1.54, 1.807) is 0 Å². The van der Waals surface area contributed by atoms with E-state index in [1.165, 1.54) is 18.4 Å². The fraction of sp³-hybridized carbons (Fsp3) is 0.700. The Hall–Kier alpha value is -0.790. The second kappa shape index (κ2) is 2.61. The molecule has 1 aliphatic rings. The van der Waals surface area contributed by atoms with Crippen molar-refractivity contribution in [1.29, 1.82) is 0 Å². The zero-order chi connectivity index (χ0) is 8.72. The third kappa shape index (κ3) is 1.15. The normalized spacial score (nSPS) is 17.3. The smallest absolute Gasteiger partial charge is 0.142 e. The zero-order valence-electron chi connectivity index (χ0n) is 7.92. The van der Waals surface area contributed by atoms with Crippen LogP contribution in [0.5, 0.6) is 0 Å². The molecule has 2 nitrogen and oxygen atoms in total. The van der Waals surface area contributed by atoms with Crippen LogP contribution in [0.25, 0.3) is 0 Å². The SMILES string of the molecule is Cc1c(C(C)C)noc1C1CC1. The molecule has 2 heteroatoms. The van der Waals surface area contributed by atoms with Crippen molar-refractivity contribution in [2.75, 3.05) is 0 Å². The molecule has 0 aromatic carbocycles. The van der Waals surface area contributed by atoms with Crippen molar-refractivity contribution in [1.82, 2.24) is 5.16 Å². The lowest BCUT2D eigenvalue weighted by Gasteiger charge is -1.98. The summed E-state index contributed by atoms with van der Waals surface area (Å²) in [4.78, 5) is 0. The summed E-state index contributed by atoms with van der Waals surface area (Å²) in [6.07, 6.45) is 2.57. The fourth-order valence-corrected chi connectivity index (χ4v) is 1.63. The predicted octanol–water partition coefficient (Wildman–Crippen LogP) is 2.98. The van der Waals surface area contributed by atoms with Crippen LogP contribution < -0.4 is 0 Å². The molecule has 0 radical (unpaired) electrons. The monoisotopic (exact) mass is 165 g/mol. The first-order chi connectivity index (χ1) is 5.70. The summed E-state index contributed by atoms with van der Waals surface area (Å²) in [5.41, 5.74) is 2.42. The second-order valence-electron chi connectivity index (χ2n) is 3.99. The molecule has 12 heavy (non-hydrogen) atoms. The minimum Gasteiger partial charge on any atom is -0.361 e. The Labute approximate surface area is 72.9 Å². The van der Waals surface area contributed by atoms with Crippen molar-refractivity contribution in [3.8, 4) is 0 Å². The van der Waals surface area contributed by atoms with Crippen LogP contribution in [0.1, 0.15) is 55.5 Å². The molecule has 1 heterocycles. The quantitative estimate of drug-likeness (QED) is 0.673. The minimum absolute atomic E-state index is 0.487. The van der Waals surface area contributed by atoms with Crippen LogP contribution >= 0.6 is 0 Å². The Morgan fingerprint density at radius 3 is 2.50 bits per heavy atom. The maximum atomic E-state index is 5.33. The third-order valence-electron chi connectivity index (χ3n) is 2.49. The molecule has 1 saturated carbocycles. The largest absolute Gasteiger partial charge is 0.361 e. The Kier molecular flexibility index (Phi) is 1.71. The van der Waals surface area contributed by atoms with Crippen molar-refractivity contribution in [2.45, 2.75) is 45.4 Å². The molecule has 0 spiro atoms. The topological polar surface area (TPSA) is 26.0 Å². The van der Waals surface area contributed by atoms with Gasteiger partial charge < -0.3 is 4.52 Å². The van der Waals surface area contributed by atoms with Gasteiger partial charge in [0.2, 0.25) is 0 Å². The van der Waals surface area contributed by atoms with Gasteiger partial charge in [-0.2, -0.15) is 0 Å². The molecule has 0 atom stereocenters. The number of aromatic nitrogens is 1. The molecule has 1 aromatic rings. The van der Waals surface area contributed by atoms with Gasteiger partial charge in [0.15, 0.2) is 0 Å². The van der Waals surface area contributed by atoms with Crippen LogP contribution in [0.2, 0.25) is 0 Å². The summed E-state index contributed by atoms with van der Waals surface area (Å²) in [6.45, 7) is 6.43. The molecule has 0 aliphatic heterocycles. The van der Waals surface area contributed by atoms with Gasteiger partial charge in [0.1, 0.15) is 5.76 Å². The van der Waals surface area contributed by atoms with Crippen molar-refractivity contribution >= 4 is 0 Å². The Morgan fingerprint density at radius 2 is 2.08 bits per heavy atom. The van der Waals surface area contributed by atoms with Crippen molar-refractivity contribution < 1.29 is 4.52 Å². The van der Waals surface area contributed by atoms with Crippen molar-refractivity contribution in [2.24, 2.45) is 0 Å². The molecule has 66 valence electrons. The highest BCUT2D eigenvalue weighted by molar-refractivity contribution is 5.28. The van der Waals surface area contributed by atoms with Gasteiger partial charge in [0.05, 0.1) is 5.69 Å². The molecule has 1 aliphatic carbocycles. The van der Waals surface area contributed by atoms with Gasteiger partial charge >= 0.3 is 0 Å². The van der Waals surface area contributed by atoms with E-state index in [0.29, 0.717) is 11.8 Å². The summed E-state index contributed by atoms with van der Waals surface area (Å²) >= 11 is 0. The summed E-state index contributed by atoms with van der Waals surface area (Å²) < 4.78 is 5.33. The van der Waals surface area contributed by atoms with Crippen LogP contribution in [-0.2, 0) is 0 Å². The fourth-order valence-electron chi connectivity index (χ4n) is 1.63. The molecular formula is C10H15NO. The van der Waals surface area contributed by atoms with Gasteiger partial charge in [0.25, 0.3) is 0 Å². The van der Waals surface area contributed by atoms with Crippen LogP contribution in [0.3, 0.4) is 0 Å². The first-order valence-corrected chi connectivity index (χ1v) is 4.66. The van der Waals surface area contributed by atoms with Crippen molar-refractivity contribution in [3.63, 3.8) is 0 Å². The highest BCUT2D eigenvalue weighted by Crippen LogP contribution is 2.42. The van der Waals surface area contributed by atoms with E-state index in [4.69, 9.17) is 4.52 Å². The number of hydrogen-bond donors (Lipinski definition) is 0. The lowest BCUT2D eigenvalue weighted by Crippen LogP contribution is -1.90. The van der Waals surface area contributed by atoms with Crippen LogP contribution in [0, 0.1) is 6.92 Å². The average molecular weight is 165 g/mol. The van der Waals surface area contributed by atoms with E-state index < -0.39 is 0 Å². The number of hydrogen-bond acceptors (Lipinski definition) is 2. The molecule has 0 amide bonds. The highest BCUT2D eigenvalue weighted by Gasteiger charge is 2.30. The first-order valence-electron chi connectivity index (χ1n) is 4.66. The van der Waals surface area contributed by atoms with E-state index in [9.17, 15) is 0 Å². The minimum atomic E-state index is 0.487. The predicted molar refractivity (Wildman–Crippen MR) is 47.3 cm³/mol. The van der Waals surface area contributed by atoms with E-state index in [-0.39, 0.29) is 0 Å². The third-order valence-corrected chi connectivity index (χ3v) is 2.49. The molecule has 0 N–H and O–H groups in total. The standard InChI is InChI=1S/C10H15NO/c1-6(2)9-7(3)10(12-11-9)8-4-5-8/h6,8H,4-5H2,1-3H3. The maximum absolute atomic E-state index is 5.33. The van der Waals surface area contributed by atoms with Crippen molar-refractivity contribution in [3.05, 3.63) is 17.0 Å². The van der Waals surface area contributed by atoms with Gasteiger partial charge in [-0.1, -0.05) is 19.0 Å². The number of nitrogens with zero attached hydrogens (tertiary/aromatic N) is 1. The molecular weight excluding hydrogens is 150 g/mol. The van der Waals surface area contributed by atoms with Crippen LogP contribution in [-0.4, -0.2) is 5.16 Å². The molecule has 0 saturated heterocycles. The van der Waals surface area contributed by atoms with Crippen LogP contribution in [0.15, 0.2) is 4.52 Å². The molecule has 0 bridgehead atoms. The first kappa shape index (κ1) is 7.84. The van der Waals surface area contributed by atoms with Gasteiger partial charge in [-0.05, 0) is 25.7 Å². The van der Waals surface area contributed by atoms with Crippen LogP contribution in [0.4, 0.5) is 0 Å². The summed E-state index contributed by atoms with van der Waals surface area (Å²) in [7, 11) is 0. The van der Waals surface area contributed by atoms with E-state index in [1.807, 2.05) is 0 Å². The Morgan fingerprint density at radius 1 is 1.42 bits per heavy atom. The van der Waals surface area contributed by atoms with Gasteiger partial charge in [-0.15, -0.1) is 0 Å². The molecule has 0 unspecified atom stereocenters. The zero-order valence-corrected chi connectivity index (χ0v) is 7.92. The number of rotatable bonds is 2. The molecule has 1 fully saturated rings. The van der Waals surface area contributed by atoms with E-state index in [2.05, 4.69) is 25.9 Å². The maximum Gasteiger partial charge on any atom is 0.142 e. The molecule has 1 aromatic heterocycles. The summed E-state index contributed by atoms with van der Waals surface area (Å²) in [5.74, 6) is 2.31. The Balaban J connectivity index is 2.33. The van der Waals surface area contributed by atoms with Gasteiger partial charge in [0, 0.05) is 11.5 Å². The average Bonchev–Trinajstić information content (AvgIpc) is 2.75. The van der Waals surface area contributed by atoms with Gasteiger partial charge in [-0.3, -0.25) is 0 Å². The summed E-state index contributed by atoms with van der Waals surface area (Å²) in [5, 5.41) is 4.10. The highest BCUT2D eigenvalue weighted by atomic mass is 16.5. The second-order valence-corrected chi connectivity index (χ2v) is 3.99. The summed E-state index contributed by atoms with van der Waals surface area (Å²) in [6, 6.07) is 0. The van der Waals surface area contributed by atoms with Gasteiger partial charge in [-0.25, -0.2) is 0 Å². The molecule has 2 rings (SSSR count). The lowest BCUT2D eigenvalue weighted by molar-refractivity contribution is 0.375. The Bertz CT molecular complexity index is 265. The van der Waals surface area contributed by atoms with E-state index in [0.717, 1.165) is 11.5 Å². The lowest BCUT2D eigenvalue weighted by atomic mass is 10.0. The van der Waals surface area contributed by atoms with E-state index >= 15 is 0 Å².